The van der Waals surface area contributed by atoms with Crippen LogP contribution in [0.4, 0.5) is 0 Å². The van der Waals surface area contributed by atoms with Crippen molar-refractivity contribution in [2.24, 2.45) is 0 Å². The Balaban J connectivity index is 1.72. The van der Waals surface area contributed by atoms with Gasteiger partial charge in [-0.25, -0.2) is 0 Å². The van der Waals surface area contributed by atoms with E-state index in [4.69, 9.17) is 4.74 Å². The molecule has 0 aliphatic carbocycles. The average Bonchev–Trinajstić information content (AvgIpc) is 3.17. The Morgan fingerprint density at radius 3 is 2.95 bits per heavy atom. The fraction of sp³-hybridized carbons (Fsp3) is 0.357. The SMILES string of the molecule is O=C(NCC1CCCO1)c1snnc1-c1ccc(Br)cc1. The summed E-state index contributed by atoms with van der Waals surface area (Å²) < 4.78 is 10.4. The lowest BCUT2D eigenvalue weighted by atomic mass is 10.1. The number of aromatic nitrogens is 2. The van der Waals surface area contributed by atoms with Crippen molar-refractivity contribution in [3.05, 3.63) is 33.6 Å². The summed E-state index contributed by atoms with van der Waals surface area (Å²) in [4.78, 5) is 12.8. The van der Waals surface area contributed by atoms with Gasteiger partial charge in [-0.2, -0.15) is 0 Å². The van der Waals surface area contributed by atoms with Gasteiger partial charge in [0.25, 0.3) is 5.91 Å². The highest BCUT2D eigenvalue weighted by molar-refractivity contribution is 9.10. The Morgan fingerprint density at radius 2 is 2.24 bits per heavy atom. The third-order valence-corrected chi connectivity index (χ3v) is 4.58. The lowest BCUT2D eigenvalue weighted by Crippen LogP contribution is -2.31. The van der Waals surface area contributed by atoms with Gasteiger partial charge in [0, 0.05) is 23.2 Å². The van der Waals surface area contributed by atoms with Gasteiger partial charge in [0.2, 0.25) is 0 Å². The second-order valence-electron chi connectivity index (χ2n) is 4.80. The van der Waals surface area contributed by atoms with E-state index in [1.165, 1.54) is 0 Å². The van der Waals surface area contributed by atoms with E-state index in [0.29, 0.717) is 17.1 Å². The Morgan fingerprint density at radius 1 is 1.43 bits per heavy atom. The normalized spacial score (nSPS) is 17.9. The first kappa shape index (κ1) is 14.6. The molecule has 0 spiro atoms. The van der Waals surface area contributed by atoms with E-state index in [1.54, 1.807) is 0 Å². The van der Waals surface area contributed by atoms with E-state index < -0.39 is 0 Å². The lowest BCUT2D eigenvalue weighted by molar-refractivity contribution is 0.0861. The van der Waals surface area contributed by atoms with E-state index >= 15 is 0 Å². The molecule has 1 aromatic carbocycles. The Kier molecular flexibility index (Phi) is 4.62. The second-order valence-corrected chi connectivity index (χ2v) is 6.47. The molecule has 0 radical (unpaired) electrons. The summed E-state index contributed by atoms with van der Waals surface area (Å²) in [7, 11) is 0. The van der Waals surface area contributed by atoms with Gasteiger partial charge >= 0.3 is 0 Å². The molecule has 1 amide bonds. The molecular formula is C14H14BrN3O2S. The van der Waals surface area contributed by atoms with Crippen LogP contribution in [0.1, 0.15) is 22.5 Å². The predicted octanol–water partition coefficient (Wildman–Crippen LogP) is 2.88. The van der Waals surface area contributed by atoms with Gasteiger partial charge < -0.3 is 10.1 Å². The number of halogens is 1. The summed E-state index contributed by atoms with van der Waals surface area (Å²) in [6, 6.07) is 7.67. The number of carbonyl (C=O) groups is 1. The molecule has 1 aliphatic rings. The Bertz CT molecular complexity index is 623. The maximum atomic E-state index is 12.3. The van der Waals surface area contributed by atoms with Crippen molar-refractivity contribution in [1.29, 1.82) is 0 Å². The molecule has 7 heteroatoms. The predicted molar refractivity (Wildman–Crippen MR) is 84.4 cm³/mol. The molecule has 1 fully saturated rings. The number of nitrogens with zero attached hydrogens (tertiary/aromatic N) is 2. The van der Waals surface area contributed by atoms with Crippen LogP contribution in [0.3, 0.4) is 0 Å². The third-order valence-electron chi connectivity index (χ3n) is 3.33. The molecule has 1 aromatic heterocycles. The van der Waals surface area contributed by atoms with Crippen LogP contribution in [0.2, 0.25) is 0 Å². The largest absolute Gasteiger partial charge is 0.376 e. The summed E-state index contributed by atoms with van der Waals surface area (Å²) in [5, 5.41) is 6.98. The molecule has 21 heavy (non-hydrogen) atoms. The minimum Gasteiger partial charge on any atom is -0.376 e. The van der Waals surface area contributed by atoms with E-state index in [9.17, 15) is 4.79 Å². The molecular weight excluding hydrogens is 354 g/mol. The summed E-state index contributed by atoms with van der Waals surface area (Å²) in [6.07, 6.45) is 2.19. The second kappa shape index (κ2) is 6.64. The van der Waals surface area contributed by atoms with E-state index in [1.807, 2.05) is 24.3 Å². The number of rotatable bonds is 4. The van der Waals surface area contributed by atoms with Crippen LogP contribution in [0, 0.1) is 0 Å². The van der Waals surface area contributed by atoms with Gasteiger partial charge in [-0.05, 0) is 36.5 Å². The number of ether oxygens (including phenoxy) is 1. The van der Waals surface area contributed by atoms with Crippen LogP contribution in [0.25, 0.3) is 11.3 Å². The molecule has 1 aliphatic heterocycles. The molecule has 1 atom stereocenters. The van der Waals surface area contributed by atoms with Crippen LogP contribution in [-0.4, -0.2) is 34.7 Å². The molecule has 5 nitrogen and oxygen atoms in total. The molecule has 2 heterocycles. The molecule has 2 aromatic rings. The fourth-order valence-electron chi connectivity index (χ4n) is 2.23. The number of carbonyl (C=O) groups excluding carboxylic acids is 1. The minimum absolute atomic E-state index is 0.131. The average molecular weight is 368 g/mol. The zero-order chi connectivity index (χ0) is 14.7. The monoisotopic (exact) mass is 367 g/mol. The lowest BCUT2D eigenvalue weighted by Gasteiger charge is -2.10. The maximum absolute atomic E-state index is 12.3. The van der Waals surface area contributed by atoms with Gasteiger partial charge in [0.15, 0.2) is 0 Å². The fourth-order valence-corrected chi connectivity index (χ4v) is 3.10. The molecule has 110 valence electrons. The van der Waals surface area contributed by atoms with Crippen LogP contribution >= 0.6 is 27.5 Å². The molecule has 1 N–H and O–H groups in total. The maximum Gasteiger partial charge on any atom is 0.265 e. The number of hydrogen-bond acceptors (Lipinski definition) is 5. The first-order chi connectivity index (χ1) is 10.2. The Hall–Kier alpha value is -1.31. The van der Waals surface area contributed by atoms with Gasteiger partial charge in [0.05, 0.1) is 6.10 Å². The molecule has 1 unspecified atom stereocenters. The zero-order valence-corrected chi connectivity index (χ0v) is 13.6. The number of nitrogens with one attached hydrogen (secondary N) is 1. The van der Waals surface area contributed by atoms with Crippen LogP contribution in [0.15, 0.2) is 28.7 Å². The summed E-state index contributed by atoms with van der Waals surface area (Å²) in [5.74, 6) is -0.140. The van der Waals surface area contributed by atoms with Crippen LogP contribution in [0.5, 0.6) is 0 Å². The van der Waals surface area contributed by atoms with E-state index in [-0.39, 0.29) is 12.0 Å². The molecule has 0 bridgehead atoms. The van der Waals surface area contributed by atoms with Crippen molar-refractivity contribution in [2.75, 3.05) is 13.2 Å². The highest BCUT2D eigenvalue weighted by Gasteiger charge is 2.20. The van der Waals surface area contributed by atoms with Gasteiger partial charge in [-0.15, -0.1) is 5.10 Å². The smallest absolute Gasteiger partial charge is 0.265 e. The van der Waals surface area contributed by atoms with Crippen molar-refractivity contribution in [1.82, 2.24) is 14.9 Å². The van der Waals surface area contributed by atoms with Gasteiger partial charge in [-0.1, -0.05) is 32.6 Å². The highest BCUT2D eigenvalue weighted by atomic mass is 79.9. The molecule has 0 saturated carbocycles. The first-order valence-corrected chi connectivity index (χ1v) is 8.29. The third kappa shape index (κ3) is 3.48. The van der Waals surface area contributed by atoms with Crippen molar-refractivity contribution >= 4 is 33.4 Å². The van der Waals surface area contributed by atoms with Gasteiger partial charge in [-0.3, -0.25) is 4.79 Å². The van der Waals surface area contributed by atoms with Crippen molar-refractivity contribution < 1.29 is 9.53 Å². The quantitative estimate of drug-likeness (QED) is 0.902. The molecule has 1 saturated heterocycles. The summed E-state index contributed by atoms with van der Waals surface area (Å²) >= 11 is 4.51. The highest BCUT2D eigenvalue weighted by Crippen LogP contribution is 2.25. The number of hydrogen-bond donors (Lipinski definition) is 1. The minimum atomic E-state index is -0.140. The van der Waals surface area contributed by atoms with Gasteiger partial charge in [0.1, 0.15) is 10.6 Å². The van der Waals surface area contributed by atoms with E-state index in [2.05, 4.69) is 30.8 Å². The standard InChI is InChI=1S/C14H14BrN3O2S/c15-10-5-3-9(4-6-10)12-13(21-18-17-12)14(19)16-8-11-2-1-7-20-11/h3-6,11H,1-2,7-8H2,(H,16,19). The molecule has 3 rings (SSSR count). The van der Waals surface area contributed by atoms with Crippen molar-refractivity contribution in [3.8, 4) is 11.3 Å². The Labute approximate surface area is 135 Å². The number of amides is 1. The van der Waals surface area contributed by atoms with Crippen molar-refractivity contribution in [2.45, 2.75) is 18.9 Å². The van der Waals surface area contributed by atoms with Crippen LogP contribution in [-0.2, 0) is 4.74 Å². The zero-order valence-electron chi connectivity index (χ0n) is 11.2. The van der Waals surface area contributed by atoms with Crippen molar-refractivity contribution in [3.63, 3.8) is 0 Å². The summed E-state index contributed by atoms with van der Waals surface area (Å²) in [5.41, 5.74) is 1.51. The first-order valence-electron chi connectivity index (χ1n) is 6.72. The van der Waals surface area contributed by atoms with Crippen LogP contribution < -0.4 is 5.32 Å². The number of benzene rings is 1. The summed E-state index contributed by atoms with van der Waals surface area (Å²) in [6.45, 7) is 1.32. The topological polar surface area (TPSA) is 64.1 Å². The van der Waals surface area contributed by atoms with E-state index in [0.717, 1.165) is 41.0 Å².